The Labute approximate surface area is 81.6 Å². The fourth-order valence-electron chi connectivity index (χ4n) is 1.71. The average molecular weight is 208 g/mol. The molecule has 82 valence electrons. The van der Waals surface area contributed by atoms with Crippen LogP contribution in [0.1, 0.15) is 26.2 Å². The first-order valence-electron chi connectivity index (χ1n) is 4.84. The summed E-state index contributed by atoms with van der Waals surface area (Å²) >= 11 is 0. The normalized spacial score (nSPS) is 23.7. The molecule has 1 saturated heterocycles. The van der Waals surface area contributed by atoms with E-state index in [0.717, 1.165) is 0 Å². The van der Waals surface area contributed by atoms with E-state index in [0.29, 0.717) is 25.2 Å². The van der Waals surface area contributed by atoms with Gasteiger partial charge in [-0.2, -0.15) is 13.2 Å². The molecule has 0 aromatic carbocycles. The minimum absolute atomic E-state index is 0.0316. The third kappa shape index (κ3) is 2.62. The van der Waals surface area contributed by atoms with E-state index in [4.69, 9.17) is 5.41 Å². The summed E-state index contributed by atoms with van der Waals surface area (Å²) in [5.41, 5.74) is 0. The maximum atomic E-state index is 12.4. The molecule has 2 nitrogen and oxygen atoms in total. The molecular formula is C9H15F3N2. The van der Waals surface area contributed by atoms with Gasteiger partial charge in [0.25, 0.3) is 0 Å². The van der Waals surface area contributed by atoms with Gasteiger partial charge in [-0.1, -0.05) is 6.92 Å². The first-order chi connectivity index (χ1) is 6.45. The molecule has 1 atom stereocenters. The van der Waals surface area contributed by atoms with Crippen molar-refractivity contribution in [1.29, 1.82) is 5.41 Å². The maximum Gasteiger partial charge on any atom is 0.393 e. The van der Waals surface area contributed by atoms with Crippen molar-refractivity contribution in [2.24, 2.45) is 5.92 Å². The number of alkyl halides is 3. The summed E-state index contributed by atoms with van der Waals surface area (Å²) in [6, 6.07) is 0. The van der Waals surface area contributed by atoms with Gasteiger partial charge in [0, 0.05) is 19.5 Å². The van der Waals surface area contributed by atoms with E-state index < -0.39 is 12.1 Å². The van der Waals surface area contributed by atoms with E-state index in [2.05, 4.69) is 0 Å². The van der Waals surface area contributed by atoms with Crippen molar-refractivity contribution in [3.05, 3.63) is 0 Å². The van der Waals surface area contributed by atoms with Crippen LogP contribution < -0.4 is 0 Å². The monoisotopic (exact) mass is 208 g/mol. The van der Waals surface area contributed by atoms with E-state index in [1.807, 2.05) is 0 Å². The molecule has 1 fully saturated rings. The Morgan fingerprint density at radius 2 is 2.14 bits per heavy atom. The summed E-state index contributed by atoms with van der Waals surface area (Å²) in [6.45, 7) is 2.36. The Hall–Kier alpha value is -0.740. The van der Waals surface area contributed by atoms with Crippen LogP contribution in [0.5, 0.6) is 0 Å². The molecule has 0 aliphatic carbocycles. The summed E-state index contributed by atoms with van der Waals surface area (Å²) in [6.07, 6.45) is -2.86. The quantitative estimate of drug-likeness (QED) is 0.520. The van der Waals surface area contributed by atoms with Crippen molar-refractivity contribution in [1.82, 2.24) is 4.90 Å². The highest BCUT2D eigenvalue weighted by Crippen LogP contribution is 2.33. The van der Waals surface area contributed by atoms with Gasteiger partial charge in [0.15, 0.2) is 0 Å². The second-order valence-corrected chi connectivity index (χ2v) is 3.63. The van der Waals surface area contributed by atoms with E-state index in [1.165, 1.54) is 0 Å². The summed E-state index contributed by atoms with van der Waals surface area (Å²) in [4.78, 5) is 1.54. The fraction of sp³-hybridized carbons (Fsp3) is 0.889. The van der Waals surface area contributed by atoms with Crippen LogP contribution in [0.25, 0.3) is 0 Å². The van der Waals surface area contributed by atoms with Gasteiger partial charge in [0.2, 0.25) is 0 Å². The molecule has 0 amide bonds. The van der Waals surface area contributed by atoms with Gasteiger partial charge >= 0.3 is 6.18 Å². The molecule has 1 rings (SSSR count). The largest absolute Gasteiger partial charge is 0.393 e. The van der Waals surface area contributed by atoms with Crippen LogP contribution in [-0.2, 0) is 0 Å². The first kappa shape index (κ1) is 11.3. The summed E-state index contributed by atoms with van der Waals surface area (Å²) in [5, 5.41) is 7.48. The van der Waals surface area contributed by atoms with Crippen LogP contribution in [0.3, 0.4) is 0 Å². The minimum atomic E-state index is -4.10. The van der Waals surface area contributed by atoms with Gasteiger partial charge in [-0.25, -0.2) is 0 Å². The third-order valence-electron chi connectivity index (χ3n) is 2.60. The van der Waals surface area contributed by atoms with Crippen molar-refractivity contribution < 1.29 is 13.2 Å². The molecule has 1 aliphatic heterocycles. The molecule has 0 bridgehead atoms. The molecule has 1 aliphatic rings. The number of rotatable bonds is 1. The van der Waals surface area contributed by atoms with Gasteiger partial charge < -0.3 is 4.90 Å². The highest BCUT2D eigenvalue weighted by atomic mass is 19.4. The second kappa shape index (κ2) is 4.19. The van der Waals surface area contributed by atoms with Crippen LogP contribution in [0.4, 0.5) is 13.2 Å². The van der Waals surface area contributed by atoms with Crippen LogP contribution >= 0.6 is 0 Å². The molecule has 0 saturated carbocycles. The zero-order chi connectivity index (χ0) is 10.8. The highest BCUT2D eigenvalue weighted by Gasteiger charge is 2.41. The molecule has 1 heterocycles. The Bertz CT molecular complexity index is 213. The third-order valence-corrected chi connectivity index (χ3v) is 2.60. The van der Waals surface area contributed by atoms with E-state index in [-0.39, 0.29) is 13.0 Å². The predicted molar refractivity (Wildman–Crippen MR) is 48.4 cm³/mol. The van der Waals surface area contributed by atoms with Gasteiger partial charge in [0.1, 0.15) is 0 Å². The van der Waals surface area contributed by atoms with E-state index in [9.17, 15) is 13.2 Å². The molecule has 5 heteroatoms. The smallest absolute Gasteiger partial charge is 0.360 e. The zero-order valence-electron chi connectivity index (χ0n) is 8.19. The van der Waals surface area contributed by atoms with Gasteiger partial charge in [-0.05, 0) is 12.8 Å². The average Bonchev–Trinajstić information content (AvgIpc) is 2.15. The molecule has 0 aromatic rings. The molecule has 0 aromatic heterocycles. The van der Waals surface area contributed by atoms with E-state index in [1.54, 1.807) is 11.8 Å². The SMILES string of the molecule is CCC(=N)N1CCCC(C(F)(F)F)C1. The van der Waals surface area contributed by atoms with Crippen LogP contribution in [-0.4, -0.2) is 30.0 Å². The number of piperidine rings is 1. The van der Waals surface area contributed by atoms with Crippen molar-refractivity contribution >= 4 is 5.84 Å². The second-order valence-electron chi connectivity index (χ2n) is 3.63. The molecule has 0 spiro atoms. The number of halogens is 3. The predicted octanol–water partition coefficient (Wildman–Crippen LogP) is 2.65. The molecule has 1 N–H and O–H groups in total. The summed E-state index contributed by atoms with van der Waals surface area (Å²) in [5.74, 6) is -0.929. The lowest BCUT2D eigenvalue weighted by atomic mass is 9.97. The topological polar surface area (TPSA) is 27.1 Å². The molecular weight excluding hydrogens is 193 g/mol. The molecule has 0 radical (unpaired) electrons. The molecule has 1 unspecified atom stereocenters. The van der Waals surface area contributed by atoms with Crippen molar-refractivity contribution in [3.63, 3.8) is 0 Å². The van der Waals surface area contributed by atoms with Crippen LogP contribution in [0.15, 0.2) is 0 Å². The number of likely N-dealkylation sites (tertiary alicyclic amines) is 1. The minimum Gasteiger partial charge on any atom is -0.360 e. The number of hydrogen-bond acceptors (Lipinski definition) is 1. The fourth-order valence-corrected chi connectivity index (χ4v) is 1.71. The Morgan fingerprint density at radius 3 is 2.64 bits per heavy atom. The number of amidine groups is 1. The number of hydrogen-bond donors (Lipinski definition) is 1. The summed E-state index contributed by atoms with van der Waals surface area (Å²) < 4.78 is 37.2. The van der Waals surface area contributed by atoms with Gasteiger partial charge in [-0.15, -0.1) is 0 Å². The lowest BCUT2D eigenvalue weighted by Gasteiger charge is -2.35. The number of nitrogens with one attached hydrogen (secondary N) is 1. The summed E-state index contributed by atoms with van der Waals surface area (Å²) in [7, 11) is 0. The Kier molecular flexibility index (Phi) is 3.39. The Morgan fingerprint density at radius 1 is 1.50 bits per heavy atom. The lowest BCUT2D eigenvalue weighted by Crippen LogP contribution is -2.44. The lowest BCUT2D eigenvalue weighted by molar-refractivity contribution is -0.183. The first-order valence-corrected chi connectivity index (χ1v) is 4.84. The van der Waals surface area contributed by atoms with Crippen molar-refractivity contribution in [3.8, 4) is 0 Å². The van der Waals surface area contributed by atoms with E-state index >= 15 is 0 Å². The van der Waals surface area contributed by atoms with Crippen LogP contribution in [0.2, 0.25) is 0 Å². The maximum absolute atomic E-state index is 12.4. The standard InChI is InChI=1S/C9H15F3N2/c1-2-8(13)14-5-3-4-7(6-14)9(10,11)12/h7,13H,2-6H2,1H3. The van der Waals surface area contributed by atoms with Gasteiger partial charge in [0.05, 0.1) is 11.8 Å². The van der Waals surface area contributed by atoms with Crippen LogP contribution in [0, 0.1) is 11.3 Å². The van der Waals surface area contributed by atoms with Crippen molar-refractivity contribution in [2.75, 3.05) is 13.1 Å². The van der Waals surface area contributed by atoms with Gasteiger partial charge in [-0.3, -0.25) is 5.41 Å². The highest BCUT2D eigenvalue weighted by molar-refractivity contribution is 5.78. The zero-order valence-corrected chi connectivity index (χ0v) is 8.19. The number of nitrogens with zero attached hydrogens (tertiary/aromatic N) is 1. The molecule has 14 heavy (non-hydrogen) atoms. The van der Waals surface area contributed by atoms with Crippen molar-refractivity contribution in [2.45, 2.75) is 32.4 Å². The Balaban J connectivity index is 2.56.